The highest BCUT2D eigenvalue weighted by molar-refractivity contribution is 5.89. The van der Waals surface area contributed by atoms with Crippen molar-refractivity contribution in [2.45, 2.75) is 18.1 Å². The van der Waals surface area contributed by atoms with E-state index in [4.69, 9.17) is 9.47 Å². The second kappa shape index (κ2) is 6.43. The van der Waals surface area contributed by atoms with E-state index < -0.39 is 11.2 Å². The zero-order chi connectivity index (χ0) is 18.0. The average Bonchev–Trinajstić information content (AvgIpc) is 3.43. The second-order valence-corrected chi connectivity index (χ2v) is 6.28. The molecule has 3 aromatic rings. The Kier molecular flexibility index (Phi) is 4.09. The van der Waals surface area contributed by atoms with Gasteiger partial charge in [0.15, 0.2) is 5.60 Å². The highest BCUT2D eigenvalue weighted by Gasteiger charge is 2.78. The molecule has 0 amide bonds. The van der Waals surface area contributed by atoms with Crippen molar-refractivity contribution in [2.75, 3.05) is 6.61 Å². The van der Waals surface area contributed by atoms with Gasteiger partial charge in [0, 0.05) is 0 Å². The molecule has 1 heterocycles. The van der Waals surface area contributed by atoms with Gasteiger partial charge in [-0.3, -0.25) is 0 Å². The minimum absolute atomic E-state index is 0.302. The predicted molar refractivity (Wildman–Crippen MR) is 99.5 cm³/mol. The van der Waals surface area contributed by atoms with Crippen molar-refractivity contribution in [1.29, 1.82) is 0 Å². The SMILES string of the molecule is CCOC(=O)C1(c2ccccc2)OC1(c1ccccc1)c1ccccc1. The summed E-state index contributed by atoms with van der Waals surface area (Å²) in [7, 11) is 0. The lowest BCUT2D eigenvalue weighted by Crippen LogP contribution is -2.33. The van der Waals surface area contributed by atoms with Crippen LogP contribution in [0.3, 0.4) is 0 Å². The van der Waals surface area contributed by atoms with Crippen molar-refractivity contribution < 1.29 is 14.3 Å². The van der Waals surface area contributed by atoms with Crippen LogP contribution in [0.25, 0.3) is 0 Å². The topological polar surface area (TPSA) is 38.8 Å². The van der Waals surface area contributed by atoms with E-state index in [9.17, 15) is 4.79 Å². The zero-order valence-electron chi connectivity index (χ0n) is 14.6. The third-order valence-electron chi connectivity index (χ3n) is 4.86. The number of ether oxygens (including phenoxy) is 2. The summed E-state index contributed by atoms with van der Waals surface area (Å²) in [5, 5.41) is 0. The number of benzene rings is 3. The van der Waals surface area contributed by atoms with E-state index >= 15 is 0 Å². The van der Waals surface area contributed by atoms with Crippen LogP contribution >= 0.6 is 0 Å². The summed E-state index contributed by atoms with van der Waals surface area (Å²) < 4.78 is 11.8. The highest BCUT2D eigenvalue weighted by Crippen LogP contribution is 2.66. The quantitative estimate of drug-likeness (QED) is 0.508. The van der Waals surface area contributed by atoms with Crippen molar-refractivity contribution in [3.05, 3.63) is 108 Å². The molecule has 130 valence electrons. The van der Waals surface area contributed by atoms with Gasteiger partial charge in [-0.05, 0) is 23.6 Å². The van der Waals surface area contributed by atoms with Crippen LogP contribution in [0.2, 0.25) is 0 Å². The molecule has 1 atom stereocenters. The molecular formula is C23H20O3. The van der Waals surface area contributed by atoms with Gasteiger partial charge in [-0.15, -0.1) is 0 Å². The maximum atomic E-state index is 13.1. The first kappa shape index (κ1) is 16.6. The van der Waals surface area contributed by atoms with Crippen molar-refractivity contribution in [3.8, 4) is 0 Å². The Morgan fingerprint density at radius 2 is 1.19 bits per heavy atom. The van der Waals surface area contributed by atoms with Crippen LogP contribution in [0.4, 0.5) is 0 Å². The summed E-state index contributed by atoms with van der Waals surface area (Å²) in [6, 6.07) is 29.3. The van der Waals surface area contributed by atoms with Crippen molar-refractivity contribution in [1.82, 2.24) is 0 Å². The average molecular weight is 344 g/mol. The van der Waals surface area contributed by atoms with Gasteiger partial charge in [0.2, 0.25) is 5.60 Å². The van der Waals surface area contributed by atoms with Crippen LogP contribution in [-0.2, 0) is 25.5 Å². The number of carbonyl (C=O) groups is 1. The first-order valence-corrected chi connectivity index (χ1v) is 8.79. The van der Waals surface area contributed by atoms with E-state index in [2.05, 4.69) is 0 Å². The fourth-order valence-corrected chi connectivity index (χ4v) is 3.71. The standard InChI is InChI=1S/C23H20O3/c1-2-25-21(24)23(20-16-10-5-11-17-20)22(26-23,18-12-6-3-7-13-18)19-14-8-4-9-15-19/h3-17H,2H2,1H3. The fourth-order valence-electron chi connectivity index (χ4n) is 3.71. The summed E-state index contributed by atoms with van der Waals surface area (Å²) >= 11 is 0. The normalized spacial score (nSPS) is 20.3. The molecule has 0 spiro atoms. The van der Waals surface area contributed by atoms with E-state index in [0.29, 0.717) is 6.61 Å². The summed E-state index contributed by atoms with van der Waals surface area (Å²) in [5.74, 6) is -0.362. The molecular weight excluding hydrogens is 324 g/mol. The number of hydrogen-bond donors (Lipinski definition) is 0. The molecule has 0 N–H and O–H groups in total. The maximum Gasteiger partial charge on any atom is 0.347 e. The van der Waals surface area contributed by atoms with Crippen LogP contribution in [-0.4, -0.2) is 12.6 Å². The van der Waals surface area contributed by atoms with E-state index in [-0.39, 0.29) is 5.97 Å². The van der Waals surface area contributed by atoms with Gasteiger partial charge in [-0.25, -0.2) is 4.79 Å². The summed E-state index contributed by atoms with van der Waals surface area (Å²) in [6.45, 7) is 2.11. The Bertz CT molecular complexity index is 851. The van der Waals surface area contributed by atoms with Crippen LogP contribution in [0.5, 0.6) is 0 Å². The van der Waals surface area contributed by atoms with Crippen molar-refractivity contribution >= 4 is 5.97 Å². The van der Waals surface area contributed by atoms with Crippen LogP contribution in [0.1, 0.15) is 23.6 Å². The molecule has 1 saturated heterocycles. The molecule has 0 bridgehead atoms. The molecule has 1 aliphatic heterocycles. The fraction of sp³-hybridized carbons (Fsp3) is 0.174. The highest BCUT2D eigenvalue weighted by atomic mass is 16.7. The van der Waals surface area contributed by atoms with Crippen LogP contribution in [0, 0.1) is 0 Å². The van der Waals surface area contributed by atoms with Gasteiger partial charge in [0.05, 0.1) is 6.61 Å². The van der Waals surface area contributed by atoms with E-state index in [0.717, 1.165) is 16.7 Å². The Morgan fingerprint density at radius 1 is 0.769 bits per heavy atom. The van der Waals surface area contributed by atoms with E-state index in [1.807, 2.05) is 97.9 Å². The number of epoxide rings is 1. The van der Waals surface area contributed by atoms with E-state index in [1.54, 1.807) is 0 Å². The Labute approximate surface area is 153 Å². The molecule has 1 unspecified atom stereocenters. The maximum absolute atomic E-state index is 13.1. The summed E-state index contributed by atoms with van der Waals surface area (Å²) in [4.78, 5) is 13.1. The summed E-state index contributed by atoms with van der Waals surface area (Å²) in [5.41, 5.74) is 0.577. The molecule has 26 heavy (non-hydrogen) atoms. The number of carbonyl (C=O) groups excluding carboxylic acids is 1. The number of esters is 1. The molecule has 3 aromatic carbocycles. The number of rotatable bonds is 5. The molecule has 4 rings (SSSR count). The lowest BCUT2D eigenvalue weighted by molar-refractivity contribution is -0.150. The first-order valence-electron chi connectivity index (χ1n) is 8.79. The lowest BCUT2D eigenvalue weighted by atomic mass is 9.77. The van der Waals surface area contributed by atoms with Crippen molar-refractivity contribution in [3.63, 3.8) is 0 Å². The minimum atomic E-state index is -1.19. The Morgan fingerprint density at radius 3 is 1.62 bits per heavy atom. The van der Waals surface area contributed by atoms with E-state index in [1.165, 1.54) is 0 Å². The van der Waals surface area contributed by atoms with Gasteiger partial charge in [-0.2, -0.15) is 0 Å². The molecule has 3 nitrogen and oxygen atoms in total. The molecule has 0 saturated carbocycles. The third-order valence-corrected chi connectivity index (χ3v) is 4.86. The minimum Gasteiger partial charge on any atom is -0.463 e. The molecule has 0 radical (unpaired) electrons. The smallest absolute Gasteiger partial charge is 0.347 e. The molecule has 0 aromatic heterocycles. The summed E-state index contributed by atoms with van der Waals surface area (Å²) in [6.07, 6.45) is 0. The van der Waals surface area contributed by atoms with Crippen molar-refractivity contribution in [2.24, 2.45) is 0 Å². The molecule has 0 aliphatic carbocycles. The molecule has 1 aliphatic rings. The number of hydrogen-bond acceptors (Lipinski definition) is 3. The van der Waals surface area contributed by atoms with Gasteiger partial charge in [0.1, 0.15) is 0 Å². The molecule has 1 fully saturated rings. The third kappa shape index (κ3) is 2.28. The Balaban J connectivity index is 1.96. The monoisotopic (exact) mass is 344 g/mol. The van der Waals surface area contributed by atoms with Crippen LogP contribution in [0.15, 0.2) is 91.0 Å². The zero-order valence-corrected chi connectivity index (χ0v) is 14.6. The van der Waals surface area contributed by atoms with Gasteiger partial charge in [-0.1, -0.05) is 91.0 Å². The second-order valence-electron chi connectivity index (χ2n) is 6.28. The molecule has 3 heteroatoms. The Hall–Kier alpha value is -2.91. The van der Waals surface area contributed by atoms with Gasteiger partial charge in [0.25, 0.3) is 0 Å². The largest absolute Gasteiger partial charge is 0.463 e. The van der Waals surface area contributed by atoms with Gasteiger partial charge < -0.3 is 9.47 Å². The lowest BCUT2D eigenvalue weighted by Gasteiger charge is -2.20. The first-order chi connectivity index (χ1) is 12.8. The van der Waals surface area contributed by atoms with Gasteiger partial charge >= 0.3 is 5.97 Å². The predicted octanol–water partition coefficient (Wildman–Crippen LogP) is 4.42. The van der Waals surface area contributed by atoms with Crippen LogP contribution < -0.4 is 0 Å².